The van der Waals surface area contributed by atoms with Crippen LogP contribution in [0.5, 0.6) is 5.75 Å². The van der Waals surface area contributed by atoms with Crippen LogP contribution in [0.1, 0.15) is 13.3 Å². The van der Waals surface area contributed by atoms with Crippen molar-refractivity contribution in [1.29, 1.82) is 0 Å². The smallest absolute Gasteiger partial charge is 0.219 e. The second-order valence-electron chi connectivity index (χ2n) is 4.06. The van der Waals surface area contributed by atoms with Gasteiger partial charge in [-0.1, -0.05) is 37.3 Å². The van der Waals surface area contributed by atoms with Gasteiger partial charge >= 0.3 is 0 Å². The van der Waals surface area contributed by atoms with Crippen LogP contribution in [0.15, 0.2) is 42.5 Å². The first-order valence-electron chi connectivity index (χ1n) is 6.18. The fourth-order valence-electron chi connectivity index (χ4n) is 1.74. The Labute approximate surface area is 107 Å². The van der Waals surface area contributed by atoms with E-state index in [4.69, 9.17) is 4.74 Å². The van der Waals surface area contributed by atoms with E-state index < -0.39 is 0 Å². The molecule has 0 unspecified atom stereocenters. The molecule has 0 saturated heterocycles. The zero-order valence-electron chi connectivity index (χ0n) is 10.5. The molecule has 94 valence electrons. The highest BCUT2D eigenvalue weighted by Crippen LogP contribution is 2.20. The summed E-state index contributed by atoms with van der Waals surface area (Å²) in [6.45, 7) is 2.86. The Morgan fingerprint density at radius 3 is 2.72 bits per heavy atom. The third kappa shape index (κ3) is 3.23. The number of carbonyl (C=O) groups excluding carboxylic acids is 1. The molecular weight excluding hydrogens is 226 g/mol. The number of rotatable bonds is 5. The number of hydrogen-bond donors (Lipinski definition) is 1. The second-order valence-corrected chi connectivity index (χ2v) is 4.06. The maximum absolute atomic E-state index is 11.0. The van der Waals surface area contributed by atoms with Gasteiger partial charge in [0.05, 0.1) is 6.54 Å². The van der Waals surface area contributed by atoms with Crippen molar-refractivity contribution in [3.8, 4) is 5.75 Å². The molecule has 0 saturated carbocycles. The van der Waals surface area contributed by atoms with Gasteiger partial charge in [-0.2, -0.15) is 0 Å². The van der Waals surface area contributed by atoms with Gasteiger partial charge in [0.1, 0.15) is 12.4 Å². The van der Waals surface area contributed by atoms with Gasteiger partial charge < -0.3 is 10.1 Å². The number of fused-ring (bicyclic) bond motifs is 1. The maximum atomic E-state index is 11.0. The molecule has 0 radical (unpaired) electrons. The van der Waals surface area contributed by atoms with E-state index in [0.29, 0.717) is 19.6 Å². The maximum Gasteiger partial charge on any atom is 0.219 e. The summed E-state index contributed by atoms with van der Waals surface area (Å²) in [5.74, 6) is 0.886. The van der Waals surface area contributed by atoms with Gasteiger partial charge in [-0.25, -0.2) is 0 Å². The van der Waals surface area contributed by atoms with Crippen molar-refractivity contribution >= 4 is 16.7 Å². The van der Waals surface area contributed by atoms with Gasteiger partial charge in [0.2, 0.25) is 5.91 Å². The van der Waals surface area contributed by atoms with Gasteiger partial charge in [-0.15, -0.1) is 0 Å². The number of ether oxygens (including phenoxy) is 1. The average molecular weight is 243 g/mol. The van der Waals surface area contributed by atoms with Crippen LogP contribution in [-0.2, 0) is 4.79 Å². The van der Waals surface area contributed by atoms with E-state index in [1.165, 1.54) is 5.39 Å². The fourth-order valence-corrected chi connectivity index (χ4v) is 1.74. The Morgan fingerprint density at radius 1 is 1.17 bits per heavy atom. The largest absolute Gasteiger partial charge is 0.492 e. The van der Waals surface area contributed by atoms with Crippen molar-refractivity contribution < 1.29 is 9.53 Å². The fraction of sp³-hybridized carbons (Fsp3) is 0.267. The van der Waals surface area contributed by atoms with Gasteiger partial charge in [0, 0.05) is 6.42 Å². The van der Waals surface area contributed by atoms with Gasteiger partial charge in [0.15, 0.2) is 0 Å². The van der Waals surface area contributed by atoms with Crippen molar-refractivity contribution in [2.75, 3.05) is 13.2 Å². The molecule has 2 rings (SSSR count). The Kier molecular flexibility index (Phi) is 4.18. The number of benzene rings is 2. The van der Waals surface area contributed by atoms with Crippen molar-refractivity contribution in [2.24, 2.45) is 0 Å². The molecule has 0 aliphatic heterocycles. The van der Waals surface area contributed by atoms with E-state index in [0.717, 1.165) is 11.1 Å². The van der Waals surface area contributed by atoms with Gasteiger partial charge in [0.25, 0.3) is 0 Å². The molecule has 0 spiro atoms. The van der Waals surface area contributed by atoms with E-state index in [9.17, 15) is 4.79 Å². The monoisotopic (exact) mass is 243 g/mol. The quantitative estimate of drug-likeness (QED) is 0.820. The lowest BCUT2D eigenvalue weighted by molar-refractivity contribution is -0.120. The van der Waals surface area contributed by atoms with Crippen molar-refractivity contribution in [1.82, 2.24) is 5.32 Å². The summed E-state index contributed by atoms with van der Waals surface area (Å²) < 4.78 is 5.59. The Morgan fingerprint density at radius 2 is 1.94 bits per heavy atom. The minimum Gasteiger partial charge on any atom is -0.492 e. The molecule has 0 fully saturated rings. The van der Waals surface area contributed by atoms with Crippen LogP contribution >= 0.6 is 0 Å². The SMILES string of the molecule is CCC(=O)NCCOc1ccc2ccccc2c1. The van der Waals surface area contributed by atoms with Gasteiger partial charge in [-0.3, -0.25) is 4.79 Å². The Hall–Kier alpha value is -2.03. The topological polar surface area (TPSA) is 38.3 Å². The van der Waals surface area contributed by atoms with E-state index in [1.54, 1.807) is 0 Å². The molecule has 0 aliphatic rings. The molecule has 0 heterocycles. The number of nitrogens with one attached hydrogen (secondary N) is 1. The summed E-state index contributed by atoms with van der Waals surface area (Å²) >= 11 is 0. The molecule has 0 atom stereocenters. The summed E-state index contributed by atoms with van der Waals surface area (Å²) in [5.41, 5.74) is 0. The lowest BCUT2D eigenvalue weighted by Crippen LogP contribution is -2.27. The Balaban J connectivity index is 1.90. The first-order chi connectivity index (χ1) is 8.79. The molecule has 18 heavy (non-hydrogen) atoms. The van der Waals surface area contributed by atoms with E-state index in [-0.39, 0.29) is 5.91 Å². The summed E-state index contributed by atoms with van der Waals surface area (Å²) in [5, 5.41) is 5.13. The molecule has 0 aromatic heterocycles. The van der Waals surface area contributed by atoms with Crippen LogP contribution in [0.25, 0.3) is 10.8 Å². The minimum absolute atomic E-state index is 0.0529. The average Bonchev–Trinajstić information content (AvgIpc) is 2.43. The standard InChI is InChI=1S/C15H17NO2/c1-2-15(17)16-9-10-18-14-8-7-12-5-3-4-6-13(12)11-14/h3-8,11H,2,9-10H2,1H3,(H,16,17). The molecule has 2 aromatic rings. The van der Waals surface area contributed by atoms with E-state index in [2.05, 4.69) is 17.4 Å². The second kappa shape index (κ2) is 6.05. The predicted octanol–water partition coefficient (Wildman–Crippen LogP) is 2.74. The molecule has 1 amide bonds. The molecule has 3 heteroatoms. The van der Waals surface area contributed by atoms with Crippen LogP contribution in [0.2, 0.25) is 0 Å². The van der Waals surface area contributed by atoms with Crippen LogP contribution in [-0.4, -0.2) is 19.1 Å². The lowest BCUT2D eigenvalue weighted by atomic mass is 10.1. The van der Waals surface area contributed by atoms with Crippen LogP contribution in [0.3, 0.4) is 0 Å². The normalized spacial score (nSPS) is 10.3. The van der Waals surface area contributed by atoms with Crippen LogP contribution in [0, 0.1) is 0 Å². The zero-order valence-corrected chi connectivity index (χ0v) is 10.5. The molecule has 0 aliphatic carbocycles. The third-order valence-electron chi connectivity index (χ3n) is 2.74. The van der Waals surface area contributed by atoms with Crippen molar-refractivity contribution in [3.05, 3.63) is 42.5 Å². The summed E-state index contributed by atoms with van der Waals surface area (Å²) in [7, 11) is 0. The first-order valence-corrected chi connectivity index (χ1v) is 6.18. The zero-order chi connectivity index (χ0) is 12.8. The summed E-state index contributed by atoms with van der Waals surface area (Å²) in [6.07, 6.45) is 0.510. The van der Waals surface area contributed by atoms with Crippen LogP contribution < -0.4 is 10.1 Å². The molecular formula is C15H17NO2. The van der Waals surface area contributed by atoms with Crippen molar-refractivity contribution in [3.63, 3.8) is 0 Å². The molecule has 0 bridgehead atoms. The highest BCUT2D eigenvalue weighted by molar-refractivity contribution is 5.83. The predicted molar refractivity (Wildman–Crippen MR) is 72.7 cm³/mol. The third-order valence-corrected chi connectivity index (χ3v) is 2.74. The highest BCUT2D eigenvalue weighted by Gasteiger charge is 1.98. The first kappa shape index (κ1) is 12.4. The van der Waals surface area contributed by atoms with E-state index in [1.807, 2.05) is 37.3 Å². The summed E-state index contributed by atoms with van der Waals surface area (Å²) in [6, 6.07) is 14.1. The molecule has 3 nitrogen and oxygen atoms in total. The summed E-state index contributed by atoms with van der Waals surface area (Å²) in [4.78, 5) is 11.0. The molecule has 1 N–H and O–H groups in total. The Bertz CT molecular complexity index is 537. The number of carbonyl (C=O) groups is 1. The number of hydrogen-bond acceptors (Lipinski definition) is 2. The number of amides is 1. The lowest BCUT2D eigenvalue weighted by Gasteiger charge is -2.08. The minimum atomic E-state index is 0.0529. The van der Waals surface area contributed by atoms with E-state index >= 15 is 0 Å². The van der Waals surface area contributed by atoms with Gasteiger partial charge in [-0.05, 0) is 22.9 Å². The van der Waals surface area contributed by atoms with Crippen LogP contribution in [0.4, 0.5) is 0 Å². The molecule has 2 aromatic carbocycles. The van der Waals surface area contributed by atoms with Crippen molar-refractivity contribution in [2.45, 2.75) is 13.3 Å². The highest BCUT2D eigenvalue weighted by atomic mass is 16.5.